The summed E-state index contributed by atoms with van der Waals surface area (Å²) in [4.78, 5) is 16.3. The van der Waals surface area contributed by atoms with Crippen molar-refractivity contribution < 1.29 is 13.6 Å². The highest BCUT2D eigenvalue weighted by atomic mass is 19.1. The Morgan fingerprint density at radius 1 is 1.48 bits per heavy atom. The number of amides is 1. The smallest absolute Gasteiger partial charge is 0.224 e. The van der Waals surface area contributed by atoms with Crippen LogP contribution in [-0.4, -0.2) is 10.9 Å². The standard InChI is InChI=1S/C16H17FN2O2/c1-9-10(2)21-15(19-9)8-18-16(20)14-7-13(14)11-4-3-5-12(17)6-11/h3-6,13-14H,7-8H2,1-2H3,(H,18,20). The zero-order valence-electron chi connectivity index (χ0n) is 12.0. The zero-order valence-corrected chi connectivity index (χ0v) is 12.0. The molecule has 1 aromatic carbocycles. The summed E-state index contributed by atoms with van der Waals surface area (Å²) in [5, 5.41) is 2.83. The van der Waals surface area contributed by atoms with Crippen LogP contribution in [0, 0.1) is 25.6 Å². The highest BCUT2D eigenvalue weighted by Gasteiger charge is 2.43. The summed E-state index contributed by atoms with van der Waals surface area (Å²) in [6, 6.07) is 6.45. The maximum atomic E-state index is 13.2. The number of benzene rings is 1. The molecule has 0 radical (unpaired) electrons. The molecule has 1 aliphatic rings. The Hall–Kier alpha value is -2.17. The topological polar surface area (TPSA) is 55.1 Å². The number of nitrogens with zero attached hydrogens (tertiary/aromatic N) is 1. The van der Waals surface area contributed by atoms with E-state index >= 15 is 0 Å². The van der Waals surface area contributed by atoms with E-state index in [-0.39, 0.29) is 23.6 Å². The van der Waals surface area contributed by atoms with Crippen LogP contribution in [0.1, 0.15) is 35.2 Å². The molecule has 21 heavy (non-hydrogen) atoms. The first-order valence-electron chi connectivity index (χ1n) is 7.00. The molecule has 2 unspecified atom stereocenters. The van der Waals surface area contributed by atoms with Crippen molar-refractivity contribution in [2.45, 2.75) is 32.7 Å². The van der Waals surface area contributed by atoms with Crippen molar-refractivity contribution in [3.8, 4) is 0 Å². The molecule has 2 atom stereocenters. The van der Waals surface area contributed by atoms with Crippen molar-refractivity contribution in [1.29, 1.82) is 0 Å². The number of halogens is 1. The van der Waals surface area contributed by atoms with E-state index < -0.39 is 0 Å². The lowest BCUT2D eigenvalue weighted by molar-refractivity contribution is -0.122. The first-order valence-corrected chi connectivity index (χ1v) is 7.00. The van der Waals surface area contributed by atoms with Gasteiger partial charge in [0.25, 0.3) is 0 Å². The van der Waals surface area contributed by atoms with E-state index in [1.54, 1.807) is 6.07 Å². The molecular formula is C16H17FN2O2. The van der Waals surface area contributed by atoms with E-state index in [2.05, 4.69) is 10.3 Å². The van der Waals surface area contributed by atoms with Crippen LogP contribution >= 0.6 is 0 Å². The molecule has 1 amide bonds. The second kappa shape index (κ2) is 5.31. The van der Waals surface area contributed by atoms with Crippen LogP contribution in [0.5, 0.6) is 0 Å². The number of hydrogen-bond acceptors (Lipinski definition) is 3. The minimum absolute atomic E-state index is 0.0298. The van der Waals surface area contributed by atoms with Gasteiger partial charge in [-0.25, -0.2) is 9.37 Å². The number of oxazole rings is 1. The first kappa shape index (κ1) is 13.8. The van der Waals surface area contributed by atoms with Crippen molar-refractivity contribution in [3.05, 3.63) is 53.0 Å². The van der Waals surface area contributed by atoms with Crippen LogP contribution in [0.4, 0.5) is 4.39 Å². The van der Waals surface area contributed by atoms with E-state index in [1.165, 1.54) is 12.1 Å². The Morgan fingerprint density at radius 3 is 2.95 bits per heavy atom. The fraction of sp³-hybridized carbons (Fsp3) is 0.375. The number of rotatable bonds is 4. The molecule has 3 rings (SSSR count). The molecule has 2 aromatic rings. The Labute approximate surface area is 122 Å². The molecule has 0 aliphatic heterocycles. The molecule has 1 N–H and O–H groups in total. The third-order valence-corrected chi connectivity index (χ3v) is 3.89. The summed E-state index contributed by atoms with van der Waals surface area (Å²) in [6.45, 7) is 4.00. The van der Waals surface area contributed by atoms with Gasteiger partial charge in [0.05, 0.1) is 12.2 Å². The summed E-state index contributed by atoms with van der Waals surface area (Å²) in [5.74, 6) is 1.03. The molecule has 1 heterocycles. The number of aromatic nitrogens is 1. The maximum absolute atomic E-state index is 13.2. The monoisotopic (exact) mass is 288 g/mol. The van der Waals surface area contributed by atoms with Gasteiger partial charge in [0.1, 0.15) is 11.6 Å². The van der Waals surface area contributed by atoms with Gasteiger partial charge in [-0.1, -0.05) is 12.1 Å². The second-order valence-electron chi connectivity index (χ2n) is 5.47. The van der Waals surface area contributed by atoms with E-state index in [0.29, 0.717) is 12.4 Å². The minimum Gasteiger partial charge on any atom is -0.444 e. The molecule has 0 saturated heterocycles. The predicted molar refractivity (Wildman–Crippen MR) is 75.1 cm³/mol. The number of carbonyl (C=O) groups is 1. The summed E-state index contributed by atoms with van der Waals surface area (Å²) >= 11 is 0. The van der Waals surface area contributed by atoms with Gasteiger partial charge in [-0.05, 0) is 43.9 Å². The van der Waals surface area contributed by atoms with Crippen LogP contribution in [0.15, 0.2) is 28.7 Å². The maximum Gasteiger partial charge on any atom is 0.224 e. The number of hydrogen-bond donors (Lipinski definition) is 1. The first-order chi connectivity index (χ1) is 10.0. The van der Waals surface area contributed by atoms with Gasteiger partial charge >= 0.3 is 0 Å². The summed E-state index contributed by atoms with van der Waals surface area (Å²) in [7, 11) is 0. The van der Waals surface area contributed by atoms with E-state index in [9.17, 15) is 9.18 Å². The lowest BCUT2D eigenvalue weighted by atomic mass is 10.1. The lowest BCUT2D eigenvalue weighted by Gasteiger charge is -2.03. The molecule has 0 spiro atoms. The second-order valence-corrected chi connectivity index (χ2v) is 5.47. The fourth-order valence-electron chi connectivity index (χ4n) is 2.50. The lowest BCUT2D eigenvalue weighted by Crippen LogP contribution is -2.25. The van der Waals surface area contributed by atoms with Gasteiger partial charge in [-0.3, -0.25) is 4.79 Å². The van der Waals surface area contributed by atoms with Crippen LogP contribution in [0.2, 0.25) is 0 Å². The Bertz CT molecular complexity index is 661. The summed E-state index contributed by atoms with van der Waals surface area (Å²) < 4.78 is 18.6. The minimum atomic E-state index is -0.260. The summed E-state index contributed by atoms with van der Waals surface area (Å²) in [6.07, 6.45) is 0.763. The van der Waals surface area contributed by atoms with Crippen molar-refractivity contribution in [1.82, 2.24) is 10.3 Å². The summed E-state index contributed by atoms with van der Waals surface area (Å²) in [5.41, 5.74) is 1.72. The van der Waals surface area contributed by atoms with Gasteiger partial charge in [0, 0.05) is 5.92 Å². The molecule has 1 fully saturated rings. The Morgan fingerprint density at radius 2 is 2.29 bits per heavy atom. The van der Waals surface area contributed by atoms with Crippen molar-refractivity contribution >= 4 is 5.91 Å². The SMILES string of the molecule is Cc1nc(CNC(=O)C2CC2c2cccc(F)c2)oc1C. The van der Waals surface area contributed by atoms with Gasteiger partial charge in [-0.2, -0.15) is 0 Å². The normalized spacial score (nSPS) is 20.3. The van der Waals surface area contributed by atoms with Gasteiger partial charge in [-0.15, -0.1) is 0 Å². The van der Waals surface area contributed by atoms with Crippen LogP contribution in [0.3, 0.4) is 0 Å². The average molecular weight is 288 g/mol. The van der Waals surface area contributed by atoms with Gasteiger partial charge in [0.2, 0.25) is 11.8 Å². The van der Waals surface area contributed by atoms with Crippen molar-refractivity contribution in [3.63, 3.8) is 0 Å². The van der Waals surface area contributed by atoms with Crippen molar-refractivity contribution in [2.24, 2.45) is 5.92 Å². The third kappa shape index (κ3) is 2.96. The Kier molecular flexibility index (Phi) is 3.49. The quantitative estimate of drug-likeness (QED) is 0.941. The van der Waals surface area contributed by atoms with Crippen LogP contribution in [-0.2, 0) is 11.3 Å². The molecule has 1 aliphatic carbocycles. The third-order valence-electron chi connectivity index (χ3n) is 3.89. The van der Waals surface area contributed by atoms with E-state index in [1.807, 2.05) is 19.9 Å². The predicted octanol–water partition coefficient (Wildman–Crippen LogP) is 2.85. The Balaban J connectivity index is 1.56. The highest BCUT2D eigenvalue weighted by Crippen LogP contribution is 2.47. The number of aryl methyl sites for hydroxylation is 2. The van der Waals surface area contributed by atoms with E-state index in [4.69, 9.17) is 4.42 Å². The van der Waals surface area contributed by atoms with E-state index in [0.717, 1.165) is 23.4 Å². The molecule has 1 aromatic heterocycles. The zero-order chi connectivity index (χ0) is 15.0. The molecule has 110 valence electrons. The average Bonchev–Trinajstić information content (AvgIpc) is 3.18. The molecule has 0 bridgehead atoms. The van der Waals surface area contributed by atoms with Gasteiger partial charge < -0.3 is 9.73 Å². The number of nitrogens with one attached hydrogen (secondary N) is 1. The van der Waals surface area contributed by atoms with Gasteiger partial charge in [0.15, 0.2) is 0 Å². The molecular weight excluding hydrogens is 271 g/mol. The van der Waals surface area contributed by atoms with Crippen molar-refractivity contribution in [2.75, 3.05) is 0 Å². The molecule has 4 nitrogen and oxygen atoms in total. The van der Waals surface area contributed by atoms with Crippen LogP contribution in [0.25, 0.3) is 0 Å². The molecule has 5 heteroatoms. The molecule has 1 saturated carbocycles. The fourth-order valence-corrected chi connectivity index (χ4v) is 2.50. The number of carbonyl (C=O) groups excluding carboxylic acids is 1. The largest absolute Gasteiger partial charge is 0.444 e. The highest BCUT2D eigenvalue weighted by molar-refractivity contribution is 5.82. The van der Waals surface area contributed by atoms with Crippen LogP contribution < -0.4 is 5.32 Å².